The highest BCUT2D eigenvalue weighted by molar-refractivity contribution is 7.19. The van der Waals surface area contributed by atoms with Gasteiger partial charge in [-0.1, -0.05) is 22.9 Å². The highest BCUT2D eigenvalue weighted by Crippen LogP contribution is 2.26. The van der Waals surface area contributed by atoms with Crippen LogP contribution >= 0.6 is 22.9 Å². The van der Waals surface area contributed by atoms with Gasteiger partial charge in [0.25, 0.3) is 5.91 Å². The number of hydrogen-bond donors (Lipinski definition) is 0. The number of ether oxygens (including phenoxy) is 1. The van der Waals surface area contributed by atoms with E-state index in [2.05, 4.69) is 10.1 Å². The van der Waals surface area contributed by atoms with Crippen LogP contribution in [0.4, 0.5) is 0 Å². The van der Waals surface area contributed by atoms with Gasteiger partial charge in [0.15, 0.2) is 5.82 Å². The fraction of sp³-hybridized carbons (Fsp3) is 0.312. The van der Waals surface area contributed by atoms with Crippen molar-refractivity contribution in [1.29, 1.82) is 0 Å². The van der Waals surface area contributed by atoms with Gasteiger partial charge in [0.05, 0.1) is 18.9 Å². The van der Waals surface area contributed by atoms with Gasteiger partial charge in [-0.25, -0.2) is 4.52 Å². The number of morpholine rings is 1. The first-order valence-electron chi connectivity index (χ1n) is 7.62. The molecule has 2 aromatic heterocycles. The van der Waals surface area contributed by atoms with E-state index in [0.29, 0.717) is 47.0 Å². The molecule has 1 amide bonds. The summed E-state index contributed by atoms with van der Waals surface area (Å²) in [7, 11) is 0. The third-order valence-corrected chi connectivity index (χ3v) is 5.39. The van der Waals surface area contributed by atoms with E-state index in [0.717, 1.165) is 11.3 Å². The molecule has 8 heteroatoms. The third kappa shape index (κ3) is 2.68. The first kappa shape index (κ1) is 15.6. The van der Waals surface area contributed by atoms with Crippen LogP contribution in [0.1, 0.15) is 15.4 Å². The molecule has 1 aromatic carbocycles. The van der Waals surface area contributed by atoms with E-state index in [1.807, 2.05) is 36.1 Å². The Bertz CT molecular complexity index is 897. The number of benzene rings is 1. The molecule has 0 N–H and O–H groups in total. The minimum absolute atomic E-state index is 0.0288. The number of nitrogens with zero attached hydrogens (tertiary/aromatic N) is 4. The first-order valence-corrected chi connectivity index (χ1v) is 8.82. The van der Waals surface area contributed by atoms with Crippen LogP contribution < -0.4 is 0 Å². The van der Waals surface area contributed by atoms with Gasteiger partial charge in [0.2, 0.25) is 4.96 Å². The lowest BCUT2D eigenvalue weighted by molar-refractivity contribution is 0.0305. The number of thiazole rings is 1. The zero-order valence-electron chi connectivity index (χ0n) is 13.0. The number of carbonyl (C=O) groups excluding carboxylic acids is 1. The summed E-state index contributed by atoms with van der Waals surface area (Å²) < 4.78 is 7.04. The van der Waals surface area contributed by atoms with E-state index in [4.69, 9.17) is 16.3 Å². The Morgan fingerprint density at radius 2 is 1.96 bits per heavy atom. The molecular weight excluding hydrogens is 348 g/mol. The normalized spacial score (nSPS) is 15.2. The van der Waals surface area contributed by atoms with E-state index in [-0.39, 0.29) is 5.91 Å². The van der Waals surface area contributed by atoms with Crippen molar-refractivity contribution in [3.8, 4) is 11.4 Å². The van der Waals surface area contributed by atoms with Gasteiger partial charge in [-0.15, -0.1) is 5.10 Å². The van der Waals surface area contributed by atoms with Gasteiger partial charge in [0, 0.05) is 23.7 Å². The Morgan fingerprint density at radius 1 is 1.25 bits per heavy atom. The fourth-order valence-corrected chi connectivity index (χ4v) is 3.83. The van der Waals surface area contributed by atoms with Crippen LogP contribution in [0.3, 0.4) is 0 Å². The molecule has 24 heavy (non-hydrogen) atoms. The summed E-state index contributed by atoms with van der Waals surface area (Å²) >= 11 is 7.29. The molecule has 0 radical (unpaired) electrons. The molecule has 0 unspecified atom stereocenters. The van der Waals surface area contributed by atoms with Crippen molar-refractivity contribution in [2.45, 2.75) is 6.92 Å². The van der Waals surface area contributed by atoms with Crippen LogP contribution in [-0.4, -0.2) is 51.7 Å². The summed E-state index contributed by atoms with van der Waals surface area (Å²) in [5.41, 5.74) is 1.72. The number of halogens is 1. The second-order valence-electron chi connectivity index (χ2n) is 5.56. The van der Waals surface area contributed by atoms with Crippen molar-refractivity contribution < 1.29 is 9.53 Å². The SMILES string of the molecule is Cc1c(C(=O)N2CCOCC2)sc2nc(-c3ccc(Cl)cc3)nn12. The Morgan fingerprint density at radius 3 is 2.62 bits per heavy atom. The Kier molecular flexibility index (Phi) is 3.99. The molecule has 3 heterocycles. The van der Waals surface area contributed by atoms with E-state index in [1.54, 1.807) is 4.52 Å². The number of aryl methyl sites for hydroxylation is 1. The predicted octanol–water partition coefficient (Wildman–Crippen LogP) is 2.89. The summed E-state index contributed by atoms with van der Waals surface area (Å²) in [5.74, 6) is 0.660. The maximum absolute atomic E-state index is 12.7. The lowest BCUT2D eigenvalue weighted by Gasteiger charge is -2.26. The molecule has 0 aliphatic carbocycles. The quantitative estimate of drug-likeness (QED) is 0.703. The average molecular weight is 363 g/mol. The summed E-state index contributed by atoms with van der Waals surface area (Å²) in [6, 6.07) is 7.40. The molecule has 1 fully saturated rings. The number of aromatic nitrogens is 3. The Labute approximate surface area is 147 Å². The first-order chi connectivity index (χ1) is 11.6. The lowest BCUT2D eigenvalue weighted by Crippen LogP contribution is -2.40. The lowest BCUT2D eigenvalue weighted by atomic mass is 10.2. The molecule has 1 saturated heterocycles. The van der Waals surface area contributed by atoms with Crippen molar-refractivity contribution >= 4 is 33.8 Å². The van der Waals surface area contributed by atoms with E-state index in [9.17, 15) is 4.79 Å². The monoisotopic (exact) mass is 362 g/mol. The maximum Gasteiger partial charge on any atom is 0.266 e. The highest BCUT2D eigenvalue weighted by atomic mass is 35.5. The summed E-state index contributed by atoms with van der Waals surface area (Å²) in [4.78, 5) is 20.5. The van der Waals surface area contributed by atoms with E-state index >= 15 is 0 Å². The Hall–Kier alpha value is -1.96. The second kappa shape index (κ2) is 6.16. The zero-order chi connectivity index (χ0) is 16.7. The van der Waals surface area contributed by atoms with Gasteiger partial charge in [-0.3, -0.25) is 4.79 Å². The summed E-state index contributed by atoms with van der Waals surface area (Å²) in [6.45, 7) is 4.33. The zero-order valence-corrected chi connectivity index (χ0v) is 14.6. The summed E-state index contributed by atoms with van der Waals surface area (Å²) in [5, 5.41) is 5.21. The van der Waals surface area contributed by atoms with Gasteiger partial charge >= 0.3 is 0 Å². The van der Waals surface area contributed by atoms with Crippen LogP contribution in [0.5, 0.6) is 0 Å². The number of fused-ring (bicyclic) bond motifs is 1. The summed E-state index contributed by atoms with van der Waals surface area (Å²) in [6.07, 6.45) is 0. The van der Waals surface area contributed by atoms with Crippen LogP contribution in [0.2, 0.25) is 5.02 Å². The molecule has 0 atom stereocenters. The molecule has 1 aliphatic rings. The van der Waals surface area contributed by atoms with Crippen molar-refractivity contribution in [3.05, 3.63) is 39.9 Å². The molecule has 4 rings (SSSR count). The van der Waals surface area contributed by atoms with Crippen molar-refractivity contribution in [1.82, 2.24) is 19.5 Å². The maximum atomic E-state index is 12.7. The standard InChI is InChI=1S/C16H15ClN4O2S/c1-10-13(15(22)20-6-8-23-9-7-20)24-16-18-14(19-21(10)16)11-2-4-12(17)5-3-11/h2-5H,6-9H2,1H3. The van der Waals surface area contributed by atoms with E-state index in [1.165, 1.54) is 11.3 Å². The largest absolute Gasteiger partial charge is 0.378 e. The van der Waals surface area contributed by atoms with E-state index < -0.39 is 0 Å². The molecule has 0 spiro atoms. The number of carbonyl (C=O) groups is 1. The number of amides is 1. The van der Waals surface area contributed by atoms with Crippen molar-refractivity contribution in [2.75, 3.05) is 26.3 Å². The van der Waals surface area contributed by atoms with Crippen LogP contribution in [0.15, 0.2) is 24.3 Å². The fourth-order valence-electron chi connectivity index (χ4n) is 2.67. The van der Waals surface area contributed by atoms with Crippen LogP contribution in [-0.2, 0) is 4.74 Å². The van der Waals surface area contributed by atoms with Crippen LogP contribution in [0, 0.1) is 6.92 Å². The highest BCUT2D eigenvalue weighted by Gasteiger charge is 2.24. The molecule has 0 saturated carbocycles. The predicted molar refractivity (Wildman–Crippen MR) is 92.8 cm³/mol. The van der Waals surface area contributed by atoms with Crippen molar-refractivity contribution in [2.24, 2.45) is 0 Å². The smallest absolute Gasteiger partial charge is 0.266 e. The molecule has 124 valence electrons. The van der Waals surface area contributed by atoms with Gasteiger partial charge < -0.3 is 9.64 Å². The van der Waals surface area contributed by atoms with Crippen LogP contribution in [0.25, 0.3) is 16.3 Å². The molecular formula is C16H15ClN4O2S. The Balaban J connectivity index is 1.67. The van der Waals surface area contributed by atoms with Gasteiger partial charge in [-0.2, -0.15) is 4.98 Å². The number of hydrogen-bond acceptors (Lipinski definition) is 5. The van der Waals surface area contributed by atoms with Gasteiger partial charge in [0.1, 0.15) is 4.88 Å². The topological polar surface area (TPSA) is 59.7 Å². The van der Waals surface area contributed by atoms with Gasteiger partial charge in [-0.05, 0) is 31.2 Å². The minimum atomic E-state index is 0.0288. The molecule has 6 nitrogen and oxygen atoms in total. The average Bonchev–Trinajstić information content (AvgIpc) is 3.15. The number of rotatable bonds is 2. The molecule has 3 aromatic rings. The second-order valence-corrected chi connectivity index (χ2v) is 6.97. The molecule has 1 aliphatic heterocycles. The minimum Gasteiger partial charge on any atom is -0.378 e. The third-order valence-electron chi connectivity index (χ3n) is 4.01. The molecule has 0 bridgehead atoms. The van der Waals surface area contributed by atoms with Crippen molar-refractivity contribution in [3.63, 3.8) is 0 Å².